The Kier molecular flexibility index (Phi) is 9.42. The zero-order valence-corrected chi connectivity index (χ0v) is 15.8. The van der Waals surface area contributed by atoms with Gasteiger partial charge in [-0.2, -0.15) is 0 Å². The Balaban J connectivity index is 2.40. The van der Waals surface area contributed by atoms with Gasteiger partial charge in [0.25, 0.3) is 0 Å². The van der Waals surface area contributed by atoms with Gasteiger partial charge < -0.3 is 20.1 Å². The van der Waals surface area contributed by atoms with Gasteiger partial charge in [-0.3, -0.25) is 4.99 Å². The lowest BCUT2D eigenvalue weighted by Gasteiger charge is -2.27. The standard InChI is InChI=1S/C19H33N3O2/c1-6-16-7-9-17(10-8-16)19(2,3)15-22-18(20-4)21-11-12-24-14-13-23-5/h7-10H,6,11-15H2,1-5H3,(H2,20,21,22). The van der Waals surface area contributed by atoms with Gasteiger partial charge in [0.2, 0.25) is 0 Å². The van der Waals surface area contributed by atoms with Crippen LogP contribution in [0.25, 0.3) is 0 Å². The molecule has 0 aliphatic carbocycles. The predicted octanol–water partition coefficient (Wildman–Crippen LogP) is 2.35. The van der Waals surface area contributed by atoms with Crippen LogP contribution in [0.4, 0.5) is 0 Å². The Bertz CT molecular complexity index is 484. The molecule has 5 nitrogen and oxygen atoms in total. The van der Waals surface area contributed by atoms with E-state index in [2.05, 4.69) is 60.7 Å². The van der Waals surface area contributed by atoms with Gasteiger partial charge >= 0.3 is 0 Å². The summed E-state index contributed by atoms with van der Waals surface area (Å²) in [5, 5.41) is 6.66. The van der Waals surface area contributed by atoms with Gasteiger partial charge in [-0.15, -0.1) is 0 Å². The van der Waals surface area contributed by atoms with Gasteiger partial charge in [0.15, 0.2) is 5.96 Å². The molecular formula is C19H33N3O2. The van der Waals surface area contributed by atoms with Crippen LogP contribution >= 0.6 is 0 Å². The number of benzene rings is 1. The summed E-state index contributed by atoms with van der Waals surface area (Å²) in [7, 11) is 3.45. The average molecular weight is 335 g/mol. The summed E-state index contributed by atoms with van der Waals surface area (Å²) >= 11 is 0. The van der Waals surface area contributed by atoms with Crippen LogP contribution in [0.5, 0.6) is 0 Å². The minimum absolute atomic E-state index is 0.0266. The molecule has 0 unspecified atom stereocenters. The Morgan fingerprint density at radius 3 is 2.38 bits per heavy atom. The monoisotopic (exact) mass is 335 g/mol. The third kappa shape index (κ3) is 7.32. The van der Waals surface area contributed by atoms with Gasteiger partial charge in [0.05, 0.1) is 19.8 Å². The van der Waals surface area contributed by atoms with Crippen LogP contribution in [0.3, 0.4) is 0 Å². The predicted molar refractivity (Wildman–Crippen MR) is 101 cm³/mol. The maximum atomic E-state index is 5.44. The quantitative estimate of drug-likeness (QED) is 0.391. The van der Waals surface area contributed by atoms with Crippen LogP contribution in [-0.4, -0.2) is 53.0 Å². The second kappa shape index (κ2) is 11.0. The summed E-state index contributed by atoms with van der Waals surface area (Å²) in [5.74, 6) is 0.795. The van der Waals surface area contributed by atoms with Gasteiger partial charge in [-0.1, -0.05) is 45.0 Å². The summed E-state index contributed by atoms with van der Waals surface area (Å²) in [6.45, 7) is 10.0. The molecule has 1 aromatic carbocycles. The maximum Gasteiger partial charge on any atom is 0.191 e. The van der Waals surface area contributed by atoms with Crippen molar-refractivity contribution in [3.8, 4) is 0 Å². The molecule has 0 atom stereocenters. The lowest BCUT2D eigenvalue weighted by atomic mass is 9.84. The highest BCUT2D eigenvalue weighted by Crippen LogP contribution is 2.22. The zero-order chi connectivity index (χ0) is 17.8. The number of guanidine groups is 1. The second-order valence-electron chi connectivity index (χ2n) is 6.39. The molecule has 0 amide bonds. The molecule has 0 fully saturated rings. The third-order valence-electron chi connectivity index (χ3n) is 4.04. The highest BCUT2D eigenvalue weighted by Gasteiger charge is 2.20. The van der Waals surface area contributed by atoms with Gasteiger partial charge in [-0.25, -0.2) is 0 Å². The molecule has 0 spiro atoms. The number of hydrogen-bond acceptors (Lipinski definition) is 3. The Morgan fingerprint density at radius 1 is 1.08 bits per heavy atom. The number of methoxy groups -OCH3 is 1. The molecule has 5 heteroatoms. The van der Waals surface area contributed by atoms with Crippen LogP contribution in [0.2, 0.25) is 0 Å². The van der Waals surface area contributed by atoms with Crippen molar-refractivity contribution < 1.29 is 9.47 Å². The van der Waals surface area contributed by atoms with E-state index >= 15 is 0 Å². The summed E-state index contributed by atoms with van der Waals surface area (Å²) in [6.07, 6.45) is 1.07. The van der Waals surface area contributed by atoms with E-state index in [1.54, 1.807) is 14.2 Å². The first-order chi connectivity index (χ1) is 11.5. The number of nitrogens with one attached hydrogen (secondary N) is 2. The zero-order valence-electron chi connectivity index (χ0n) is 15.8. The highest BCUT2D eigenvalue weighted by molar-refractivity contribution is 5.79. The number of aliphatic imine (C=N–C) groups is 1. The molecule has 136 valence electrons. The van der Waals surface area contributed by atoms with Crippen molar-refractivity contribution >= 4 is 5.96 Å². The third-order valence-corrected chi connectivity index (χ3v) is 4.04. The minimum Gasteiger partial charge on any atom is -0.382 e. The summed E-state index contributed by atoms with van der Waals surface area (Å²) in [4.78, 5) is 4.26. The minimum atomic E-state index is 0.0266. The van der Waals surface area contributed by atoms with Crippen LogP contribution in [0, 0.1) is 0 Å². The summed E-state index contributed by atoms with van der Waals surface area (Å²) < 4.78 is 10.4. The summed E-state index contributed by atoms with van der Waals surface area (Å²) in [5.41, 5.74) is 2.72. The molecule has 0 aliphatic rings. The molecule has 2 N–H and O–H groups in total. The van der Waals surface area contributed by atoms with E-state index in [0.29, 0.717) is 19.8 Å². The van der Waals surface area contributed by atoms with Crippen molar-refractivity contribution in [1.29, 1.82) is 0 Å². The highest BCUT2D eigenvalue weighted by atomic mass is 16.5. The van der Waals surface area contributed by atoms with Crippen molar-refractivity contribution in [2.45, 2.75) is 32.6 Å². The van der Waals surface area contributed by atoms with Gasteiger partial charge in [0, 0.05) is 32.7 Å². The van der Waals surface area contributed by atoms with Gasteiger partial charge in [0.1, 0.15) is 0 Å². The number of nitrogens with zero attached hydrogens (tertiary/aromatic N) is 1. The van der Waals surface area contributed by atoms with Crippen molar-refractivity contribution in [2.24, 2.45) is 4.99 Å². The van der Waals surface area contributed by atoms with E-state index in [1.165, 1.54) is 11.1 Å². The van der Waals surface area contributed by atoms with E-state index in [4.69, 9.17) is 9.47 Å². The lowest BCUT2D eigenvalue weighted by Crippen LogP contribution is -2.44. The second-order valence-corrected chi connectivity index (χ2v) is 6.39. The van der Waals surface area contributed by atoms with E-state index in [1.807, 2.05) is 0 Å². The maximum absolute atomic E-state index is 5.44. The summed E-state index contributed by atoms with van der Waals surface area (Å²) in [6, 6.07) is 8.86. The van der Waals surface area contributed by atoms with Crippen molar-refractivity contribution in [1.82, 2.24) is 10.6 Å². The normalized spacial score (nSPS) is 12.3. The van der Waals surface area contributed by atoms with Crippen molar-refractivity contribution in [2.75, 3.05) is 47.1 Å². The Labute approximate surface area is 146 Å². The molecule has 0 saturated carbocycles. The van der Waals surface area contributed by atoms with Crippen LogP contribution in [0.15, 0.2) is 29.3 Å². The molecule has 0 bridgehead atoms. The fourth-order valence-corrected chi connectivity index (χ4v) is 2.30. The molecule has 0 heterocycles. The van der Waals surface area contributed by atoms with E-state index in [0.717, 1.165) is 25.5 Å². The van der Waals surface area contributed by atoms with Crippen LogP contribution < -0.4 is 10.6 Å². The number of rotatable bonds is 10. The largest absolute Gasteiger partial charge is 0.382 e. The molecule has 0 saturated heterocycles. The number of hydrogen-bond donors (Lipinski definition) is 2. The Morgan fingerprint density at radius 2 is 1.79 bits per heavy atom. The van der Waals surface area contributed by atoms with Crippen LogP contribution in [0.1, 0.15) is 31.9 Å². The van der Waals surface area contributed by atoms with Crippen molar-refractivity contribution in [3.63, 3.8) is 0 Å². The molecular weight excluding hydrogens is 302 g/mol. The van der Waals surface area contributed by atoms with E-state index in [-0.39, 0.29) is 5.41 Å². The molecule has 0 radical (unpaired) electrons. The fraction of sp³-hybridized carbons (Fsp3) is 0.632. The molecule has 0 aromatic heterocycles. The average Bonchev–Trinajstić information content (AvgIpc) is 2.60. The first-order valence-electron chi connectivity index (χ1n) is 8.64. The fourth-order valence-electron chi connectivity index (χ4n) is 2.30. The number of aryl methyl sites for hydroxylation is 1. The van der Waals surface area contributed by atoms with Gasteiger partial charge in [-0.05, 0) is 17.5 Å². The lowest BCUT2D eigenvalue weighted by molar-refractivity contribution is 0.0733. The topological polar surface area (TPSA) is 54.9 Å². The van der Waals surface area contributed by atoms with Crippen molar-refractivity contribution in [3.05, 3.63) is 35.4 Å². The first-order valence-corrected chi connectivity index (χ1v) is 8.64. The number of ether oxygens (including phenoxy) is 2. The molecule has 1 rings (SSSR count). The van der Waals surface area contributed by atoms with E-state index in [9.17, 15) is 0 Å². The SMILES string of the molecule is CCc1ccc(C(C)(C)CNC(=NC)NCCOCCOC)cc1. The van der Waals surface area contributed by atoms with Crippen LogP contribution in [-0.2, 0) is 21.3 Å². The first kappa shape index (κ1) is 20.5. The molecule has 24 heavy (non-hydrogen) atoms. The Hall–Kier alpha value is -1.59. The van der Waals surface area contributed by atoms with E-state index < -0.39 is 0 Å². The molecule has 0 aliphatic heterocycles. The smallest absolute Gasteiger partial charge is 0.191 e. The molecule has 1 aromatic rings.